The van der Waals surface area contributed by atoms with Crippen LogP contribution in [0.1, 0.15) is 26.7 Å². The van der Waals surface area contributed by atoms with Crippen LogP contribution < -0.4 is 0 Å². The Morgan fingerprint density at radius 3 is 2.60 bits per heavy atom. The minimum Gasteiger partial charge on any atom is -0.220 e. The van der Waals surface area contributed by atoms with E-state index in [2.05, 4.69) is 10.0 Å². The molecule has 1 N–H and O–H groups in total. The summed E-state index contributed by atoms with van der Waals surface area (Å²) >= 11 is 0. The summed E-state index contributed by atoms with van der Waals surface area (Å²) in [5.41, 5.74) is -0.0112. The van der Waals surface area contributed by atoms with E-state index in [0.29, 0.717) is 0 Å². The Morgan fingerprint density at radius 1 is 1.50 bits per heavy atom. The molecule has 0 bridgehead atoms. The van der Waals surface area contributed by atoms with Crippen molar-refractivity contribution in [1.29, 1.82) is 0 Å². The first kappa shape index (κ1) is 7.94. The van der Waals surface area contributed by atoms with Gasteiger partial charge in [-0.15, -0.1) is 10.1 Å². The van der Waals surface area contributed by atoms with Crippen LogP contribution in [0.15, 0.2) is 0 Å². The molecule has 1 saturated heterocycles. The van der Waals surface area contributed by atoms with Crippen LogP contribution in [-0.2, 0) is 10.0 Å². The number of hydroxylamine groups is 2. The molecule has 1 fully saturated rings. The van der Waals surface area contributed by atoms with Gasteiger partial charge in [0.2, 0.25) is 0 Å². The minimum absolute atomic E-state index is 0.0112. The van der Waals surface area contributed by atoms with Gasteiger partial charge >= 0.3 is 0 Å². The second kappa shape index (κ2) is 2.84. The molecule has 4 nitrogen and oxygen atoms in total. The van der Waals surface area contributed by atoms with Gasteiger partial charge in [-0.25, -0.2) is 5.26 Å². The molecule has 1 aliphatic rings. The van der Waals surface area contributed by atoms with E-state index >= 15 is 0 Å². The van der Waals surface area contributed by atoms with Crippen LogP contribution in [0, 0.1) is 0 Å². The summed E-state index contributed by atoms with van der Waals surface area (Å²) in [5, 5.41) is 13.2. The molecule has 1 rings (SSSR count). The van der Waals surface area contributed by atoms with Gasteiger partial charge in [0.1, 0.15) is 0 Å². The van der Waals surface area contributed by atoms with Crippen molar-refractivity contribution in [2.75, 3.05) is 6.54 Å². The van der Waals surface area contributed by atoms with E-state index < -0.39 is 0 Å². The number of hydrogen-bond donors (Lipinski definition) is 1. The molecule has 0 atom stereocenters. The van der Waals surface area contributed by atoms with Gasteiger partial charge in [-0.05, 0) is 26.7 Å². The standard InChI is InChI=1S/C6H13NO3/c1-6(2)4-3-5-7(6)9-10-8/h8H,3-5H2,1-2H3. The molecule has 0 aromatic carbocycles. The van der Waals surface area contributed by atoms with Gasteiger partial charge < -0.3 is 0 Å². The van der Waals surface area contributed by atoms with Gasteiger partial charge in [-0.1, -0.05) is 5.04 Å². The van der Waals surface area contributed by atoms with E-state index in [-0.39, 0.29) is 5.54 Å². The average molecular weight is 147 g/mol. The maximum Gasteiger partial charge on any atom is 0.0438 e. The largest absolute Gasteiger partial charge is 0.220 e. The van der Waals surface area contributed by atoms with Crippen molar-refractivity contribution in [3.05, 3.63) is 0 Å². The maximum absolute atomic E-state index is 8.00. The van der Waals surface area contributed by atoms with Crippen LogP contribution in [0.4, 0.5) is 0 Å². The Labute approximate surface area is 60.2 Å². The molecule has 1 aliphatic heterocycles. The molecule has 60 valence electrons. The van der Waals surface area contributed by atoms with E-state index in [4.69, 9.17) is 5.26 Å². The molecule has 0 unspecified atom stereocenters. The topological polar surface area (TPSA) is 41.9 Å². The average Bonchev–Trinajstić information content (AvgIpc) is 2.13. The molecule has 0 spiro atoms. The first-order valence-electron chi connectivity index (χ1n) is 3.43. The lowest BCUT2D eigenvalue weighted by Crippen LogP contribution is -2.37. The summed E-state index contributed by atoms with van der Waals surface area (Å²) in [6.45, 7) is 4.89. The molecule has 0 aromatic heterocycles. The zero-order valence-corrected chi connectivity index (χ0v) is 6.33. The summed E-state index contributed by atoms with van der Waals surface area (Å²) < 4.78 is 0. The van der Waals surface area contributed by atoms with Gasteiger partial charge in [0.15, 0.2) is 0 Å². The molecule has 0 amide bonds. The minimum atomic E-state index is -0.0112. The van der Waals surface area contributed by atoms with Crippen molar-refractivity contribution in [1.82, 2.24) is 5.06 Å². The third-order valence-electron chi connectivity index (χ3n) is 1.95. The molecular weight excluding hydrogens is 134 g/mol. The second-order valence-electron chi connectivity index (χ2n) is 3.17. The van der Waals surface area contributed by atoms with E-state index in [1.165, 1.54) is 0 Å². The number of rotatable bonds is 2. The Bertz CT molecular complexity index is 116. The van der Waals surface area contributed by atoms with Crippen LogP contribution in [0.5, 0.6) is 0 Å². The van der Waals surface area contributed by atoms with Crippen molar-refractivity contribution in [3.63, 3.8) is 0 Å². The number of nitrogens with zero attached hydrogens (tertiary/aromatic N) is 1. The molecule has 4 heteroatoms. The van der Waals surface area contributed by atoms with E-state index in [1.807, 2.05) is 13.8 Å². The van der Waals surface area contributed by atoms with Gasteiger partial charge in [0.25, 0.3) is 0 Å². The third-order valence-corrected chi connectivity index (χ3v) is 1.95. The lowest BCUT2D eigenvalue weighted by atomic mass is 10.0. The van der Waals surface area contributed by atoms with Crippen LogP contribution in [0.25, 0.3) is 0 Å². The van der Waals surface area contributed by atoms with Crippen LogP contribution in [0.2, 0.25) is 0 Å². The van der Waals surface area contributed by atoms with Crippen LogP contribution in [0.3, 0.4) is 0 Å². The fraction of sp³-hybridized carbons (Fsp3) is 1.00. The molecule has 0 aliphatic carbocycles. The highest BCUT2D eigenvalue weighted by Gasteiger charge is 2.33. The monoisotopic (exact) mass is 147 g/mol. The summed E-state index contributed by atoms with van der Waals surface area (Å²) in [7, 11) is 0. The van der Waals surface area contributed by atoms with Gasteiger partial charge in [0.05, 0.1) is 0 Å². The highest BCUT2D eigenvalue weighted by atomic mass is 17.5. The first-order valence-corrected chi connectivity index (χ1v) is 3.43. The highest BCUT2D eigenvalue weighted by molar-refractivity contribution is 4.82. The van der Waals surface area contributed by atoms with Crippen molar-refractivity contribution in [2.45, 2.75) is 32.2 Å². The zero-order valence-electron chi connectivity index (χ0n) is 6.33. The predicted octanol–water partition coefficient (Wildman–Crippen LogP) is 1.20. The van der Waals surface area contributed by atoms with Gasteiger partial charge in [-0.2, -0.15) is 0 Å². The van der Waals surface area contributed by atoms with Crippen LogP contribution in [-0.4, -0.2) is 22.4 Å². The van der Waals surface area contributed by atoms with Crippen molar-refractivity contribution >= 4 is 0 Å². The van der Waals surface area contributed by atoms with Gasteiger partial charge in [0, 0.05) is 12.1 Å². The van der Waals surface area contributed by atoms with E-state index in [9.17, 15) is 0 Å². The lowest BCUT2D eigenvalue weighted by molar-refractivity contribution is -0.573. The molecule has 0 aromatic rings. The quantitative estimate of drug-likeness (QED) is 0.470. The lowest BCUT2D eigenvalue weighted by Gasteiger charge is -2.26. The summed E-state index contributed by atoms with van der Waals surface area (Å²) in [4.78, 5) is 4.51. The summed E-state index contributed by atoms with van der Waals surface area (Å²) in [6, 6.07) is 0. The summed E-state index contributed by atoms with van der Waals surface area (Å²) in [5.74, 6) is 0. The SMILES string of the molecule is CC1(C)CCCN1OOO. The predicted molar refractivity (Wildman–Crippen MR) is 34.8 cm³/mol. The molecule has 1 heterocycles. The maximum atomic E-state index is 8.00. The zero-order chi connectivity index (χ0) is 7.61. The fourth-order valence-electron chi connectivity index (χ4n) is 1.26. The Morgan fingerprint density at radius 2 is 2.20 bits per heavy atom. The van der Waals surface area contributed by atoms with Crippen molar-refractivity contribution in [2.24, 2.45) is 0 Å². The Kier molecular flexibility index (Phi) is 2.25. The first-order chi connectivity index (χ1) is 4.67. The Balaban J connectivity index is 2.43. The number of hydrogen-bond acceptors (Lipinski definition) is 4. The third kappa shape index (κ3) is 1.46. The second-order valence-corrected chi connectivity index (χ2v) is 3.17. The van der Waals surface area contributed by atoms with Crippen molar-refractivity contribution in [3.8, 4) is 0 Å². The molecule has 0 radical (unpaired) electrons. The normalized spacial score (nSPS) is 25.5. The van der Waals surface area contributed by atoms with E-state index in [0.717, 1.165) is 19.4 Å². The molecular formula is C6H13NO3. The smallest absolute Gasteiger partial charge is 0.0438 e. The molecule has 10 heavy (non-hydrogen) atoms. The van der Waals surface area contributed by atoms with Crippen molar-refractivity contribution < 1.29 is 15.3 Å². The fourth-order valence-corrected chi connectivity index (χ4v) is 1.26. The van der Waals surface area contributed by atoms with E-state index in [1.54, 1.807) is 5.06 Å². The van der Waals surface area contributed by atoms with Gasteiger partial charge in [-0.3, -0.25) is 0 Å². The van der Waals surface area contributed by atoms with Crippen LogP contribution >= 0.6 is 0 Å². The Hall–Kier alpha value is -0.160. The highest BCUT2D eigenvalue weighted by Crippen LogP contribution is 2.27. The summed E-state index contributed by atoms with van der Waals surface area (Å²) in [6.07, 6.45) is 2.15. The molecule has 0 saturated carbocycles.